The van der Waals surface area contributed by atoms with Crippen LogP contribution >= 0.6 is 18.6 Å². The third-order valence-electron chi connectivity index (χ3n) is 7.34. The Morgan fingerprint density at radius 2 is 0.773 bits per heavy atom. The van der Waals surface area contributed by atoms with E-state index < -0.39 is 17.0 Å². The zero-order valence-electron chi connectivity index (χ0n) is 27.3. The van der Waals surface area contributed by atoms with Crippen molar-refractivity contribution in [2.24, 2.45) is 0 Å². The van der Waals surface area contributed by atoms with Crippen LogP contribution in [-0.4, -0.2) is 9.52 Å². The first-order valence-electron chi connectivity index (χ1n) is 15.0. The van der Waals surface area contributed by atoms with Gasteiger partial charge in [0.1, 0.15) is 0 Å². The van der Waals surface area contributed by atoms with Crippen LogP contribution in [-0.2, 0) is 27.9 Å². The monoisotopic (exact) mass is 670 g/mol. The zero-order chi connectivity index (χ0) is 32.3. The molecule has 0 atom stereocenters. The average molecular weight is 672 g/mol. The summed E-state index contributed by atoms with van der Waals surface area (Å²) in [6.07, 6.45) is 0. The van der Waals surface area contributed by atoms with Gasteiger partial charge in [-0.1, -0.05) is 171 Å². The van der Waals surface area contributed by atoms with Gasteiger partial charge in [-0.3, -0.25) is 0 Å². The van der Waals surface area contributed by atoms with Gasteiger partial charge in [0.2, 0.25) is 0 Å². The van der Waals surface area contributed by atoms with Gasteiger partial charge in [0, 0.05) is 9.52 Å². The summed E-state index contributed by atoms with van der Waals surface area (Å²) in [5.41, 5.74) is 8.59. The van der Waals surface area contributed by atoms with Crippen molar-refractivity contribution in [1.82, 2.24) is 0 Å². The van der Waals surface area contributed by atoms with Crippen LogP contribution in [0.5, 0.6) is 0 Å². The van der Waals surface area contributed by atoms with E-state index in [1.165, 1.54) is 54.9 Å². The summed E-state index contributed by atoms with van der Waals surface area (Å²) < 4.78 is 0. The number of hydrogen-bond acceptors (Lipinski definition) is 0. The molecule has 4 heteroatoms. The van der Waals surface area contributed by atoms with E-state index in [2.05, 4.69) is 176 Å². The predicted molar refractivity (Wildman–Crippen MR) is 197 cm³/mol. The van der Waals surface area contributed by atoms with Crippen LogP contribution in [0, 0.1) is 0 Å². The topological polar surface area (TPSA) is 0 Å². The Morgan fingerprint density at radius 1 is 0.500 bits per heavy atom. The van der Waals surface area contributed by atoms with Crippen LogP contribution in [0.15, 0.2) is 121 Å². The van der Waals surface area contributed by atoms with E-state index in [0.29, 0.717) is 0 Å². The summed E-state index contributed by atoms with van der Waals surface area (Å²) in [6, 6.07) is 43.5. The van der Waals surface area contributed by atoms with Crippen molar-refractivity contribution < 1.29 is 17.0 Å². The summed E-state index contributed by atoms with van der Waals surface area (Å²) >= 11 is -0.556. The SMILES string of the molecule is CC(C)(C)c1cc2ccccc2[c-]1-c1ccccc1.CC(C)(C)c1cc2ccccc2[c-]1-c1ccccc1.C[Si]C.[Cl][Ti][Cl]. The molecule has 228 valence electrons. The van der Waals surface area contributed by atoms with Gasteiger partial charge < -0.3 is 0 Å². The first kappa shape index (κ1) is 36.1. The molecular weight excluding hydrogens is 627 g/mol. The van der Waals surface area contributed by atoms with Crippen LogP contribution in [0.4, 0.5) is 0 Å². The molecule has 0 spiro atoms. The van der Waals surface area contributed by atoms with Gasteiger partial charge in [-0.25, -0.2) is 0 Å². The summed E-state index contributed by atoms with van der Waals surface area (Å²) in [6.45, 7) is 18.0. The van der Waals surface area contributed by atoms with Gasteiger partial charge in [-0.05, 0) is 10.8 Å². The second-order valence-electron chi connectivity index (χ2n) is 12.8. The number of hydrogen-bond donors (Lipinski definition) is 0. The van der Waals surface area contributed by atoms with Crippen molar-refractivity contribution in [3.63, 3.8) is 0 Å². The van der Waals surface area contributed by atoms with E-state index in [1.54, 1.807) is 0 Å². The molecule has 2 radical (unpaired) electrons. The molecule has 0 nitrogen and oxygen atoms in total. The standard InChI is InChI=1S/2C19H19.C2H6Si.2ClH.Ti/c2*1-19(2,3)17-13-15-11-7-8-12-16(15)18(17)14-9-5-4-6-10-14;1-3-2;;;/h2*4-13H,1-3H3;1-2H3;2*1H;/q2*-1;;;;+2/p-2. The van der Waals surface area contributed by atoms with Crippen LogP contribution < -0.4 is 0 Å². The Labute approximate surface area is 285 Å². The van der Waals surface area contributed by atoms with Crippen LogP contribution in [0.25, 0.3) is 43.8 Å². The molecule has 0 bridgehead atoms. The molecule has 6 aromatic rings. The minimum absolute atomic E-state index is 0.157. The number of benzene rings is 4. The van der Waals surface area contributed by atoms with Crippen molar-refractivity contribution >= 4 is 49.7 Å². The van der Waals surface area contributed by atoms with Crippen LogP contribution in [0.2, 0.25) is 13.1 Å². The van der Waals surface area contributed by atoms with E-state index in [1.807, 2.05) is 0 Å². The molecule has 0 aliphatic rings. The third kappa shape index (κ3) is 9.32. The Bertz CT molecular complexity index is 1570. The fourth-order valence-electron chi connectivity index (χ4n) is 5.46. The minimum atomic E-state index is -0.556. The Kier molecular flexibility index (Phi) is 13.8. The van der Waals surface area contributed by atoms with E-state index >= 15 is 0 Å². The molecule has 6 rings (SSSR count). The van der Waals surface area contributed by atoms with Gasteiger partial charge in [-0.15, -0.1) is 59.7 Å². The van der Waals surface area contributed by atoms with Crippen molar-refractivity contribution in [3.8, 4) is 22.3 Å². The normalized spacial score (nSPS) is 11.0. The van der Waals surface area contributed by atoms with Gasteiger partial charge >= 0.3 is 35.6 Å². The Balaban J connectivity index is 0.000000204. The van der Waals surface area contributed by atoms with Crippen LogP contribution in [0.1, 0.15) is 52.7 Å². The van der Waals surface area contributed by atoms with Crippen molar-refractivity contribution in [3.05, 3.63) is 132 Å². The summed E-state index contributed by atoms with van der Waals surface area (Å²) in [4.78, 5) is 0. The average Bonchev–Trinajstić information content (AvgIpc) is 3.59. The summed E-state index contributed by atoms with van der Waals surface area (Å²) in [5, 5.41) is 5.40. The fraction of sp³-hybridized carbons (Fsp3) is 0.250. The third-order valence-corrected chi connectivity index (χ3v) is 7.34. The number of fused-ring (bicyclic) bond motifs is 2. The molecule has 6 aromatic carbocycles. The van der Waals surface area contributed by atoms with Crippen molar-refractivity contribution in [2.75, 3.05) is 0 Å². The van der Waals surface area contributed by atoms with Crippen molar-refractivity contribution in [2.45, 2.75) is 65.5 Å². The van der Waals surface area contributed by atoms with Gasteiger partial charge in [0.25, 0.3) is 0 Å². The fourth-order valence-corrected chi connectivity index (χ4v) is 5.46. The zero-order valence-corrected chi connectivity index (χ0v) is 31.4. The van der Waals surface area contributed by atoms with Gasteiger partial charge in [0.05, 0.1) is 0 Å². The van der Waals surface area contributed by atoms with E-state index in [9.17, 15) is 0 Å². The summed E-state index contributed by atoms with van der Waals surface area (Å²) in [5.74, 6) is 0. The van der Waals surface area contributed by atoms with Gasteiger partial charge in [0.15, 0.2) is 0 Å². The first-order chi connectivity index (χ1) is 21.0. The van der Waals surface area contributed by atoms with E-state index in [-0.39, 0.29) is 10.8 Å². The molecule has 0 unspecified atom stereocenters. The number of rotatable bonds is 2. The molecule has 0 amide bonds. The molecule has 0 aromatic heterocycles. The molecule has 44 heavy (non-hydrogen) atoms. The van der Waals surface area contributed by atoms with E-state index in [0.717, 1.165) is 9.52 Å². The predicted octanol–water partition coefficient (Wildman–Crippen LogP) is 13.2. The van der Waals surface area contributed by atoms with Gasteiger partial charge in [-0.2, -0.15) is 0 Å². The molecule has 0 fully saturated rings. The molecule has 0 saturated carbocycles. The Morgan fingerprint density at radius 3 is 1.07 bits per heavy atom. The van der Waals surface area contributed by atoms with Crippen molar-refractivity contribution in [1.29, 1.82) is 0 Å². The quantitative estimate of drug-likeness (QED) is 0.127. The maximum atomic E-state index is 4.89. The molecule has 0 aliphatic heterocycles. The van der Waals surface area contributed by atoms with E-state index in [4.69, 9.17) is 18.6 Å². The molecule has 0 saturated heterocycles. The number of halogens is 2. The molecule has 0 aliphatic carbocycles. The summed E-state index contributed by atoms with van der Waals surface area (Å²) in [7, 11) is 10.9. The second-order valence-corrected chi connectivity index (χ2v) is 16.4. The van der Waals surface area contributed by atoms with Crippen LogP contribution in [0.3, 0.4) is 0 Å². The maximum absolute atomic E-state index is 4.89. The second kappa shape index (κ2) is 16.8. The molecule has 0 heterocycles. The molecular formula is C40H44Cl2SiTi-2. The Hall–Kier alpha value is -2.39. The molecule has 0 N–H and O–H groups in total. The first-order valence-corrected chi connectivity index (χ1v) is 21.3.